The zero-order valence-corrected chi connectivity index (χ0v) is 8.92. The second-order valence-electron chi connectivity index (χ2n) is 3.98. The van der Waals surface area contributed by atoms with E-state index in [-0.39, 0.29) is 16.6 Å². The second-order valence-corrected chi connectivity index (χ2v) is 3.98. The van der Waals surface area contributed by atoms with E-state index in [1.54, 1.807) is 6.07 Å². The molecule has 1 aromatic carbocycles. The number of aliphatic hydroxyl groups excluding tert-OH is 1. The zero-order valence-electron chi connectivity index (χ0n) is 8.92. The molecule has 0 saturated carbocycles. The van der Waals surface area contributed by atoms with Crippen molar-refractivity contribution in [2.75, 3.05) is 6.61 Å². The van der Waals surface area contributed by atoms with E-state index >= 15 is 0 Å². The molecule has 0 fully saturated rings. The number of pyridine rings is 1. The Morgan fingerprint density at radius 3 is 3.06 bits per heavy atom. The van der Waals surface area contributed by atoms with Gasteiger partial charge in [-0.25, -0.2) is 4.39 Å². The highest BCUT2D eigenvalue weighted by Crippen LogP contribution is 2.32. The van der Waals surface area contributed by atoms with Crippen LogP contribution in [-0.4, -0.2) is 16.7 Å². The first-order chi connectivity index (χ1) is 8.22. The summed E-state index contributed by atoms with van der Waals surface area (Å²) in [6, 6.07) is 3.15. The molecule has 1 aliphatic heterocycles. The molecule has 0 radical (unpaired) electrons. The topological polar surface area (TPSA) is 62.3 Å². The largest absolute Gasteiger partial charge is 0.492 e. The number of aromatic amines is 1. The number of ether oxygens (including phenoxy) is 1. The smallest absolute Gasteiger partial charge is 0.255 e. The number of aromatic nitrogens is 1. The highest BCUT2D eigenvalue weighted by atomic mass is 19.1. The van der Waals surface area contributed by atoms with E-state index in [4.69, 9.17) is 9.84 Å². The summed E-state index contributed by atoms with van der Waals surface area (Å²) in [5, 5.41) is 9.53. The fraction of sp³-hybridized carbons (Fsp3) is 0.250. The first-order valence-electron chi connectivity index (χ1n) is 5.32. The van der Waals surface area contributed by atoms with Gasteiger partial charge in [-0.3, -0.25) is 4.79 Å². The van der Waals surface area contributed by atoms with Crippen LogP contribution in [0.3, 0.4) is 0 Å². The molecule has 0 spiro atoms. The van der Waals surface area contributed by atoms with Crippen molar-refractivity contribution in [3.63, 3.8) is 0 Å². The highest BCUT2D eigenvalue weighted by Gasteiger charge is 2.21. The van der Waals surface area contributed by atoms with Gasteiger partial charge in [-0.2, -0.15) is 0 Å². The Hall–Kier alpha value is -1.88. The average molecular weight is 235 g/mol. The third-order valence-corrected chi connectivity index (χ3v) is 3.02. The lowest BCUT2D eigenvalue weighted by atomic mass is 10.1. The molecule has 0 atom stereocenters. The van der Waals surface area contributed by atoms with Crippen LogP contribution < -0.4 is 10.3 Å². The van der Waals surface area contributed by atoms with Crippen molar-refractivity contribution in [3.05, 3.63) is 39.4 Å². The maximum absolute atomic E-state index is 13.9. The van der Waals surface area contributed by atoms with Crippen molar-refractivity contribution in [2.24, 2.45) is 0 Å². The van der Waals surface area contributed by atoms with Gasteiger partial charge in [0.05, 0.1) is 24.3 Å². The van der Waals surface area contributed by atoms with Gasteiger partial charge < -0.3 is 14.8 Å². The molecule has 2 heterocycles. The number of H-pyrrole nitrogens is 1. The Kier molecular flexibility index (Phi) is 2.16. The first kappa shape index (κ1) is 10.3. The summed E-state index contributed by atoms with van der Waals surface area (Å²) in [7, 11) is 0. The van der Waals surface area contributed by atoms with Crippen LogP contribution in [0.5, 0.6) is 5.75 Å². The maximum atomic E-state index is 13.9. The molecule has 1 aliphatic rings. The average Bonchev–Trinajstić information content (AvgIpc) is 2.81. The van der Waals surface area contributed by atoms with E-state index in [1.165, 1.54) is 6.07 Å². The predicted molar refractivity (Wildman–Crippen MR) is 59.6 cm³/mol. The van der Waals surface area contributed by atoms with Crippen LogP contribution in [0.25, 0.3) is 10.9 Å². The Balaban J connectivity index is 2.45. The van der Waals surface area contributed by atoms with Crippen molar-refractivity contribution in [3.8, 4) is 5.75 Å². The van der Waals surface area contributed by atoms with Gasteiger partial charge >= 0.3 is 0 Å². The molecule has 2 aromatic rings. The number of hydrogen-bond acceptors (Lipinski definition) is 3. The number of aliphatic hydroxyl groups is 1. The zero-order chi connectivity index (χ0) is 12.0. The first-order valence-corrected chi connectivity index (χ1v) is 5.32. The summed E-state index contributed by atoms with van der Waals surface area (Å²) >= 11 is 0. The third-order valence-electron chi connectivity index (χ3n) is 3.02. The minimum atomic E-state index is -0.597. The predicted octanol–water partition coefficient (Wildman–Crippen LogP) is 1.09. The lowest BCUT2D eigenvalue weighted by Crippen LogP contribution is -2.11. The number of benzene rings is 1. The molecule has 88 valence electrons. The quantitative estimate of drug-likeness (QED) is 0.777. The summed E-state index contributed by atoms with van der Waals surface area (Å²) in [6.07, 6.45) is 0.546. The van der Waals surface area contributed by atoms with E-state index in [1.807, 2.05) is 0 Å². The van der Waals surface area contributed by atoms with Crippen molar-refractivity contribution in [1.29, 1.82) is 0 Å². The molecular formula is C12H10FNO3. The van der Waals surface area contributed by atoms with Crippen molar-refractivity contribution in [2.45, 2.75) is 13.0 Å². The molecule has 2 N–H and O–H groups in total. The fourth-order valence-corrected chi connectivity index (χ4v) is 2.15. The maximum Gasteiger partial charge on any atom is 0.255 e. The Bertz CT molecular complexity index is 663. The van der Waals surface area contributed by atoms with Gasteiger partial charge in [0.25, 0.3) is 5.56 Å². The summed E-state index contributed by atoms with van der Waals surface area (Å²) in [5.41, 5.74) is 0.501. The van der Waals surface area contributed by atoms with Gasteiger partial charge in [-0.15, -0.1) is 0 Å². The second kappa shape index (κ2) is 3.56. The molecule has 0 saturated heterocycles. The van der Waals surface area contributed by atoms with Crippen LogP contribution in [0.4, 0.5) is 4.39 Å². The number of fused-ring (bicyclic) bond motifs is 3. The molecule has 0 unspecified atom stereocenters. The summed E-state index contributed by atoms with van der Waals surface area (Å²) in [5.74, 6) is -0.132. The van der Waals surface area contributed by atoms with Crippen LogP contribution >= 0.6 is 0 Å². The standard InChI is InChI=1S/C12H10FNO3/c13-9-6(5-15)1-2-7-10(9)14-12(16)8-3-4-17-11(7)8/h1-2,15H,3-5H2,(H,14,16). The third kappa shape index (κ3) is 1.36. The monoisotopic (exact) mass is 235 g/mol. The minimum Gasteiger partial charge on any atom is -0.492 e. The summed E-state index contributed by atoms with van der Waals surface area (Å²) < 4.78 is 19.3. The van der Waals surface area contributed by atoms with Gasteiger partial charge in [-0.05, 0) is 6.07 Å². The van der Waals surface area contributed by atoms with E-state index < -0.39 is 12.4 Å². The highest BCUT2D eigenvalue weighted by molar-refractivity contribution is 5.87. The van der Waals surface area contributed by atoms with E-state index in [2.05, 4.69) is 4.98 Å². The number of halogens is 1. The van der Waals surface area contributed by atoms with E-state index in [9.17, 15) is 9.18 Å². The van der Waals surface area contributed by atoms with Crippen LogP contribution in [0.2, 0.25) is 0 Å². The van der Waals surface area contributed by atoms with Crippen LogP contribution in [0, 0.1) is 5.82 Å². The van der Waals surface area contributed by atoms with E-state index in [0.29, 0.717) is 29.7 Å². The molecule has 0 amide bonds. The Labute approximate surface area is 95.7 Å². The SMILES string of the molecule is O=c1[nH]c2c(F)c(CO)ccc2c2c1CCO2. The molecule has 1 aromatic heterocycles. The van der Waals surface area contributed by atoms with Crippen LogP contribution in [-0.2, 0) is 13.0 Å². The lowest BCUT2D eigenvalue weighted by Gasteiger charge is -2.07. The molecule has 3 rings (SSSR count). The van der Waals surface area contributed by atoms with Gasteiger partial charge in [0.2, 0.25) is 0 Å². The number of rotatable bonds is 1. The Morgan fingerprint density at radius 2 is 2.29 bits per heavy atom. The van der Waals surface area contributed by atoms with Crippen LogP contribution in [0.1, 0.15) is 11.1 Å². The lowest BCUT2D eigenvalue weighted by molar-refractivity contribution is 0.276. The number of nitrogens with one attached hydrogen (secondary N) is 1. The van der Waals surface area contributed by atoms with Crippen molar-refractivity contribution in [1.82, 2.24) is 4.98 Å². The van der Waals surface area contributed by atoms with Crippen molar-refractivity contribution >= 4 is 10.9 Å². The molecule has 5 heteroatoms. The normalized spacial score (nSPS) is 13.8. The number of hydrogen-bond donors (Lipinski definition) is 2. The molecule has 4 nitrogen and oxygen atoms in total. The van der Waals surface area contributed by atoms with Gasteiger partial charge in [0.1, 0.15) is 5.75 Å². The molecule has 0 aliphatic carbocycles. The minimum absolute atomic E-state index is 0.0993. The van der Waals surface area contributed by atoms with Crippen molar-refractivity contribution < 1.29 is 14.2 Å². The van der Waals surface area contributed by atoms with E-state index in [0.717, 1.165) is 0 Å². The molecule has 17 heavy (non-hydrogen) atoms. The summed E-state index contributed by atoms with van der Waals surface area (Å²) in [4.78, 5) is 14.2. The van der Waals surface area contributed by atoms with Gasteiger partial charge in [0, 0.05) is 17.4 Å². The summed E-state index contributed by atoms with van der Waals surface area (Å²) in [6.45, 7) is 0.0443. The van der Waals surface area contributed by atoms with Gasteiger partial charge in [0.15, 0.2) is 5.82 Å². The fourth-order valence-electron chi connectivity index (χ4n) is 2.15. The molecular weight excluding hydrogens is 225 g/mol. The molecule has 0 bridgehead atoms. The Morgan fingerprint density at radius 1 is 1.47 bits per heavy atom. The van der Waals surface area contributed by atoms with Crippen LogP contribution in [0.15, 0.2) is 16.9 Å². The van der Waals surface area contributed by atoms with Gasteiger partial charge in [-0.1, -0.05) is 6.07 Å².